The smallest absolute Gasteiger partial charge is 0.0356 e. The summed E-state index contributed by atoms with van der Waals surface area (Å²) in [6, 6.07) is 0. The lowest BCUT2D eigenvalue weighted by Gasteiger charge is -2.28. The van der Waals surface area contributed by atoms with Crippen LogP contribution in [0.25, 0.3) is 0 Å². The number of allylic oxidation sites excluding steroid dienone is 11. The van der Waals surface area contributed by atoms with E-state index in [-0.39, 0.29) is 10.8 Å². The summed E-state index contributed by atoms with van der Waals surface area (Å²) >= 11 is 0. The van der Waals surface area contributed by atoms with E-state index in [2.05, 4.69) is 56.7 Å². The van der Waals surface area contributed by atoms with Gasteiger partial charge in [0.05, 0.1) is 0 Å². The van der Waals surface area contributed by atoms with Crippen molar-refractivity contribution in [3.8, 4) is 12.3 Å². The maximum Gasteiger partial charge on any atom is 0.0356 e. The molecule has 0 nitrogen and oxygen atoms in total. The maximum absolute atomic E-state index is 5.94. The van der Waals surface area contributed by atoms with Gasteiger partial charge >= 0.3 is 0 Å². The SMILES string of the molecule is C#CC1=C(/C=C\C=C)C2(CCCC2)C2=CC=CC(C)(C)C=C21. The third-order valence-electron chi connectivity index (χ3n) is 5.17. The molecule has 0 saturated heterocycles. The van der Waals surface area contributed by atoms with Crippen molar-refractivity contribution in [2.75, 3.05) is 0 Å². The first-order valence-corrected chi connectivity index (χ1v) is 8.18. The first kappa shape index (κ1) is 14.9. The molecule has 3 aliphatic rings. The molecule has 22 heavy (non-hydrogen) atoms. The minimum atomic E-state index is 0.0348. The first-order chi connectivity index (χ1) is 10.5. The van der Waals surface area contributed by atoms with Crippen LogP contribution in [0.2, 0.25) is 0 Å². The molecule has 0 aromatic carbocycles. The van der Waals surface area contributed by atoms with Crippen LogP contribution >= 0.6 is 0 Å². The molecular weight excluding hydrogens is 264 g/mol. The Hall–Kier alpha value is -2.00. The summed E-state index contributed by atoms with van der Waals surface area (Å²) in [6.07, 6.45) is 26.1. The molecule has 0 atom stereocenters. The molecule has 0 radical (unpaired) electrons. The van der Waals surface area contributed by atoms with Crippen LogP contribution in [0, 0.1) is 23.2 Å². The Morgan fingerprint density at radius 3 is 2.64 bits per heavy atom. The van der Waals surface area contributed by atoms with E-state index in [9.17, 15) is 0 Å². The average molecular weight is 288 g/mol. The molecule has 3 aliphatic carbocycles. The van der Waals surface area contributed by atoms with Crippen LogP contribution < -0.4 is 0 Å². The van der Waals surface area contributed by atoms with Gasteiger partial charge in [0.2, 0.25) is 0 Å². The first-order valence-electron chi connectivity index (χ1n) is 8.18. The molecule has 1 saturated carbocycles. The summed E-state index contributed by atoms with van der Waals surface area (Å²) < 4.78 is 0. The van der Waals surface area contributed by atoms with E-state index in [4.69, 9.17) is 6.42 Å². The van der Waals surface area contributed by atoms with Crippen LogP contribution in [-0.2, 0) is 0 Å². The Kier molecular flexibility index (Phi) is 3.61. The zero-order valence-corrected chi connectivity index (χ0v) is 13.7. The van der Waals surface area contributed by atoms with Crippen LogP contribution in [0.4, 0.5) is 0 Å². The Bertz CT molecular complexity index is 687. The Balaban J connectivity index is 2.27. The van der Waals surface area contributed by atoms with Crippen molar-refractivity contribution in [1.29, 1.82) is 0 Å². The molecule has 1 spiro atoms. The van der Waals surface area contributed by atoms with Gasteiger partial charge < -0.3 is 0 Å². The van der Waals surface area contributed by atoms with Crippen molar-refractivity contribution in [3.05, 3.63) is 71.4 Å². The van der Waals surface area contributed by atoms with E-state index in [0.717, 1.165) is 5.57 Å². The second kappa shape index (κ2) is 5.33. The minimum Gasteiger partial charge on any atom is -0.115 e. The van der Waals surface area contributed by atoms with Gasteiger partial charge in [0.1, 0.15) is 0 Å². The third-order valence-corrected chi connectivity index (χ3v) is 5.17. The summed E-state index contributed by atoms with van der Waals surface area (Å²) in [6.45, 7) is 8.29. The monoisotopic (exact) mass is 288 g/mol. The van der Waals surface area contributed by atoms with Gasteiger partial charge in [-0.3, -0.25) is 0 Å². The number of hydrogen-bond acceptors (Lipinski definition) is 0. The van der Waals surface area contributed by atoms with Gasteiger partial charge in [-0.1, -0.05) is 81.7 Å². The van der Waals surface area contributed by atoms with Gasteiger partial charge in [-0.05, 0) is 29.6 Å². The summed E-state index contributed by atoms with van der Waals surface area (Å²) in [5, 5.41) is 0. The summed E-state index contributed by atoms with van der Waals surface area (Å²) in [5.41, 5.74) is 5.29. The van der Waals surface area contributed by atoms with Gasteiger partial charge in [-0.25, -0.2) is 0 Å². The molecule has 0 aromatic rings. The Labute approximate surface area is 134 Å². The van der Waals surface area contributed by atoms with E-state index in [1.54, 1.807) is 0 Å². The zero-order chi connectivity index (χ0) is 15.8. The third kappa shape index (κ3) is 2.17. The van der Waals surface area contributed by atoms with Crippen molar-refractivity contribution >= 4 is 0 Å². The normalized spacial score (nSPS) is 25.0. The van der Waals surface area contributed by atoms with Crippen molar-refractivity contribution in [2.24, 2.45) is 10.8 Å². The maximum atomic E-state index is 5.94. The van der Waals surface area contributed by atoms with Crippen molar-refractivity contribution < 1.29 is 0 Å². The lowest BCUT2D eigenvalue weighted by Crippen LogP contribution is -2.17. The largest absolute Gasteiger partial charge is 0.115 e. The molecule has 0 unspecified atom stereocenters. The zero-order valence-electron chi connectivity index (χ0n) is 13.7. The molecule has 1 fully saturated rings. The van der Waals surface area contributed by atoms with Gasteiger partial charge in [-0.2, -0.15) is 0 Å². The van der Waals surface area contributed by atoms with Gasteiger partial charge in [0, 0.05) is 16.4 Å². The summed E-state index contributed by atoms with van der Waals surface area (Å²) in [7, 11) is 0. The highest BCUT2D eigenvalue weighted by Gasteiger charge is 2.47. The van der Waals surface area contributed by atoms with E-state index < -0.39 is 0 Å². The van der Waals surface area contributed by atoms with E-state index >= 15 is 0 Å². The Morgan fingerprint density at radius 2 is 2.00 bits per heavy atom. The fourth-order valence-electron chi connectivity index (χ4n) is 4.21. The molecule has 112 valence electrons. The molecule has 0 bridgehead atoms. The van der Waals surface area contributed by atoms with Crippen molar-refractivity contribution in [1.82, 2.24) is 0 Å². The molecule has 3 rings (SSSR count). The summed E-state index contributed by atoms with van der Waals surface area (Å²) in [5.74, 6) is 3.00. The quantitative estimate of drug-likeness (QED) is 0.453. The van der Waals surface area contributed by atoms with Crippen molar-refractivity contribution in [2.45, 2.75) is 39.5 Å². The molecule has 0 amide bonds. The number of rotatable bonds is 2. The van der Waals surface area contributed by atoms with Crippen molar-refractivity contribution in [3.63, 3.8) is 0 Å². The van der Waals surface area contributed by atoms with Gasteiger partial charge in [0.25, 0.3) is 0 Å². The van der Waals surface area contributed by atoms with Gasteiger partial charge in [0.15, 0.2) is 0 Å². The highest BCUT2D eigenvalue weighted by Crippen LogP contribution is 2.60. The molecule has 0 heterocycles. The minimum absolute atomic E-state index is 0.0348. The number of terminal acetylenes is 1. The highest BCUT2D eigenvalue weighted by atomic mass is 14.5. The lowest BCUT2D eigenvalue weighted by atomic mass is 9.75. The number of hydrogen-bond donors (Lipinski definition) is 0. The predicted molar refractivity (Wildman–Crippen MR) is 95.2 cm³/mol. The van der Waals surface area contributed by atoms with E-state index in [0.29, 0.717) is 0 Å². The second-order valence-corrected chi connectivity index (χ2v) is 7.14. The predicted octanol–water partition coefficient (Wildman–Crippen LogP) is 5.68. The van der Waals surface area contributed by atoms with E-state index in [1.807, 2.05) is 12.2 Å². The highest BCUT2D eigenvalue weighted by molar-refractivity contribution is 5.72. The van der Waals surface area contributed by atoms with E-state index in [1.165, 1.54) is 42.4 Å². The molecule has 0 aromatic heterocycles. The fourth-order valence-corrected chi connectivity index (χ4v) is 4.21. The van der Waals surface area contributed by atoms with Crippen LogP contribution in [0.3, 0.4) is 0 Å². The van der Waals surface area contributed by atoms with Crippen LogP contribution in [0.5, 0.6) is 0 Å². The fraction of sp³-hybridized carbons (Fsp3) is 0.364. The van der Waals surface area contributed by atoms with Gasteiger partial charge in [-0.15, -0.1) is 6.42 Å². The number of fused-ring (bicyclic) bond motifs is 2. The van der Waals surface area contributed by atoms with Crippen LogP contribution in [0.15, 0.2) is 71.4 Å². The summed E-state index contributed by atoms with van der Waals surface area (Å²) in [4.78, 5) is 0. The van der Waals surface area contributed by atoms with Crippen LogP contribution in [-0.4, -0.2) is 0 Å². The molecule has 0 N–H and O–H groups in total. The lowest BCUT2D eigenvalue weighted by molar-refractivity contribution is 0.476. The second-order valence-electron chi connectivity index (χ2n) is 7.14. The molecular formula is C22H24. The average Bonchev–Trinajstić information content (AvgIpc) is 2.99. The van der Waals surface area contributed by atoms with Crippen LogP contribution in [0.1, 0.15) is 39.5 Å². The molecule has 0 aliphatic heterocycles. The topological polar surface area (TPSA) is 0 Å². The molecule has 0 heteroatoms. The standard InChI is InChI=1S/C22H24/c1-5-7-11-19-17(6-2)18-16-21(3,4)13-10-12-20(18)22(19)14-8-9-15-22/h2,5,7,10-13,16H,1,8-9,14-15H2,3-4H3/b11-7-. The Morgan fingerprint density at radius 1 is 1.27 bits per heavy atom.